The summed E-state index contributed by atoms with van der Waals surface area (Å²) in [6.07, 6.45) is 0. The molecule has 2 aromatic carbocycles. The summed E-state index contributed by atoms with van der Waals surface area (Å²) in [7, 11) is -2.44. The highest BCUT2D eigenvalue weighted by Gasteiger charge is 2.29. The minimum atomic E-state index is -3.83. The Kier molecular flexibility index (Phi) is 8.12. The van der Waals surface area contributed by atoms with E-state index in [9.17, 15) is 18.0 Å². The molecule has 1 atom stereocenters. The van der Waals surface area contributed by atoms with Crippen LogP contribution in [-0.2, 0) is 19.6 Å². The summed E-state index contributed by atoms with van der Waals surface area (Å²) < 4.78 is 26.8. The fourth-order valence-electron chi connectivity index (χ4n) is 3.84. The number of hydrogen-bond donors (Lipinski definition) is 1. The van der Waals surface area contributed by atoms with E-state index in [-0.39, 0.29) is 29.3 Å². The van der Waals surface area contributed by atoms with Crippen molar-refractivity contribution >= 4 is 39.1 Å². The molecular formula is C23H29ClN4O4S. The second-order valence-corrected chi connectivity index (χ2v) is 10.5. The van der Waals surface area contributed by atoms with Crippen molar-refractivity contribution in [1.29, 1.82) is 0 Å². The number of benzene rings is 2. The fourth-order valence-corrected chi connectivity index (χ4v) is 5.25. The minimum absolute atomic E-state index is 0.0604. The monoisotopic (exact) mass is 492 g/mol. The quantitative estimate of drug-likeness (QED) is 0.642. The third-order valence-corrected chi connectivity index (χ3v) is 7.97. The third kappa shape index (κ3) is 6.11. The number of nitrogens with one attached hydrogen (secondary N) is 1. The van der Waals surface area contributed by atoms with Gasteiger partial charge in [-0.05, 0) is 42.8 Å². The van der Waals surface area contributed by atoms with Gasteiger partial charge >= 0.3 is 0 Å². The zero-order valence-corrected chi connectivity index (χ0v) is 20.6. The van der Waals surface area contributed by atoms with E-state index in [1.807, 2.05) is 24.3 Å². The van der Waals surface area contributed by atoms with E-state index in [0.29, 0.717) is 31.9 Å². The maximum Gasteiger partial charge on any atom is 0.243 e. The minimum Gasteiger partial charge on any atom is -0.339 e. The van der Waals surface area contributed by atoms with Gasteiger partial charge in [0, 0.05) is 56.9 Å². The molecule has 0 aliphatic carbocycles. The lowest BCUT2D eigenvalue weighted by molar-refractivity contribution is -0.133. The van der Waals surface area contributed by atoms with Gasteiger partial charge in [0.2, 0.25) is 21.8 Å². The van der Waals surface area contributed by atoms with Crippen molar-refractivity contribution < 1.29 is 18.0 Å². The van der Waals surface area contributed by atoms with Crippen LogP contribution in [0.4, 0.5) is 5.69 Å². The van der Waals surface area contributed by atoms with Crippen LogP contribution in [-0.4, -0.2) is 74.1 Å². The van der Waals surface area contributed by atoms with Gasteiger partial charge in [0.15, 0.2) is 0 Å². The number of nitrogens with zero attached hydrogens (tertiary/aromatic N) is 3. The normalized spacial score (nSPS) is 16.0. The Labute approximate surface area is 200 Å². The Bertz CT molecular complexity index is 1100. The van der Waals surface area contributed by atoms with Crippen LogP contribution in [0.5, 0.6) is 0 Å². The molecule has 1 saturated heterocycles. The van der Waals surface area contributed by atoms with Gasteiger partial charge in [-0.25, -0.2) is 8.42 Å². The Hall–Kier alpha value is -2.46. The van der Waals surface area contributed by atoms with Crippen LogP contribution < -0.4 is 5.32 Å². The van der Waals surface area contributed by atoms with Crippen molar-refractivity contribution in [1.82, 2.24) is 14.1 Å². The van der Waals surface area contributed by atoms with Crippen LogP contribution in [0, 0.1) is 0 Å². The van der Waals surface area contributed by atoms with Crippen LogP contribution in [0.2, 0.25) is 5.02 Å². The molecule has 178 valence electrons. The van der Waals surface area contributed by atoms with Crippen molar-refractivity contribution in [3.63, 3.8) is 0 Å². The van der Waals surface area contributed by atoms with E-state index >= 15 is 0 Å². The number of sulfonamides is 1. The van der Waals surface area contributed by atoms with Gasteiger partial charge in [-0.15, -0.1) is 0 Å². The summed E-state index contributed by atoms with van der Waals surface area (Å²) in [5, 5.41) is 3.32. The highest BCUT2D eigenvalue weighted by atomic mass is 35.5. The first-order valence-electron chi connectivity index (χ1n) is 10.7. The predicted octanol–water partition coefficient (Wildman–Crippen LogP) is 2.82. The number of piperazine rings is 1. The van der Waals surface area contributed by atoms with Crippen LogP contribution in [0.15, 0.2) is 53.4 Å². The molecule has 10 heteroatoms. The standard InChI is InChI=1S/C23H29ClN4O4S/c1-17(21-6-4-5-7-22(21)24)27-12-14-28(15-13-27)23(30)16-26(3)33(31,32)20-10-8-19(9-11-20)25-18(2)29/h4-11,17H,12-16H2,1-3H3,(H,25,29). The van der Waals surface area contributed by atoms with E-state index in [0.717, 1.165) is 14.9 Å². The van der Waals surface area contributed by atoms with E-state index in [4.69, 9.17) is 11.6 Å². The summed E-state index contributed by atoms with van der Waals surface area (Å²) in [6, 6.07) is 13.7. The van der Waals surface area contributed by atoms with Crippen LogP contribution in [0.1, 0.15) is 25.5 Å². The molecule has 0 aromatic heterocycles. The summed E-state index contributed by atoms with van der Waals surface area (Å²) in [4.78, 5) is 27.9. The number of hydrogen-bond acceptors (Lipinski definition) is 5. The predicted molar refractivity (Wildman–Crippen MR) is 129 cm³/mol. The van der Waals surface area contributed by atoms with Crippen molar-refractivity contribution in [2.45, 2.75) is 24.8 Å². The first-order chi connectivity index (χ1) is 15.6. The topological polar surface area (TPSA) is 90.0 Å². The lowest BCUT2D eigenvalue weighted by atomic mass is 10.1. The molecule has 1 aliphatic rings. The second kappa shape index (κ2) is 10.6. The number of carbonyl (C=O) groups excluding carboxylic acids is 2. The van der Waals surface area contributed by atoms with Crippen molar-refractivity contribution in [2.24, 2.45) is 0 Å². The van der Waals surface area contributed by atoms with Gasteiger partial charge < -0.3 is 10.2 Å². The van der Waals surface area contributed by atoms with Crippen molar-refractivity contribution in [3.8, 4) is 0 Å². The Morgan fingerprint density at radius 2 is 1.67 bits per heavy atom. The number of amides is 2. The molecule has 33 heavy (non-hydrogen) atoms. The first-order valence-corrected chi connectivity index (χ1v) is 12.5. The molecule has 0 spiro atoms. The van der Waals surface area contributed by atoms with Crippen molar-refractivity contribution in [3.05, 3.63) is 59.1 Å². The van der Waals surface area contributed by atoms with Gasteiger partial charge in [-0.1, -0.05) is 29.8 Å². The largest absolute Gasteiger partial charge is 0.339 e. The molecule has 2 aromatic rings. The Morgan fingerprint density at radius 1 is 1.06 bits per heavy atom. The smallest absolute Gasteiger partial charge is 0.243 e. The maximum atomic E-state index is 12.9. The highest BCUT2D eigenvalue weighted by Crippen LogP contribution is 2.28. The number of rotatable bonds is 7. The molecular weight excluding hydrogens is 464 g/mol. The molecule has 1 unspecified atom stereocenters. The van der Waals surface area contributed by atoms with Gasteiger partial charge in [0.1, 0.15) is 0 Å². The molecule has 1 fully saturated rings. The molecule has 0 radical (unpaired) electrons. The first kappa shape index (κ1) is 25.2. The Balaban J connectivity index is 1.57. The highest BCUT2D eigenvalue weighted by molar-refractivity contribution is 7.89. The molecule has 0 bridgehead atoms. The van der Waals surface area contributed by atoms with Gasteiger partial charge in [-0.2, -0.15) is 4.31 Å². The van der Waals surface area contributed by atoms with Crippen LogP contribution >= 0.6 is 11.6 Å². The number of carbonyl (C=O) groups is 2. The van der Waals surface area contributed by atoms with Gasteiger partial charge in [0.05, 0.1) is 11.4 Å². The zero-order chi connectivity index (χ0) is 24.2. The Morgan fingerprint density at radius 3 is 2.24 bits per heavy atom. The van der Waals surface area contributed by atoms with E-state index in [2.05, 4.69) is 17.1 Å². The zero-order valence-electron chi connectivity index (χ0n) is 19.0. The molecule has 8 nitrogen and oxygen atoms in total. The van der Waals surface area contributed by atoms with Crippen LogP contribution in [0.3, 0.4) is 0 Å². The second-order valence-electron chi connectivity index (χ2n) is 8.08. The van der Waals surface area contributed by atoms with Crippen LogP contribution in [0.25, 0.3) is 0 Å². The molecule has 0 saturated carbocycles. The van der Waals surface area contributed by atoms with Gasteiger partial charge in [-0.3, -0.25) is 14.5 Å². The molecule has 1 aliphatic heterocycles. The van der Waals surface area contributed by atoms with E-state index in [1.54, 1.807) is 4.90 Å². The summed E-state index contributed by atoms with van der Waals surface area (Å²) in [5.74, 6) is -0.476. The lowest BCUT2D eigenvalue weighted by Gasteiger charge is -2.38. The SMILES string of the molecule is CC(=O)Nc1ccc(S(=O)(=O)N(C)CC(=O)N2CCN(C(C)c3ccccc3Cl)CC2)cc1. The molecule has 3 rings (SSSR count). The molecule has 2 amide bonds. The maximum absolute atomic E-state index is 12.9. The summed E-state index contributed by atoms with van der Waals surface area (Å²) in [6.45, 7) is 5.63. The average molecular weight is 493 g/mol. The van der Waals surface area contributed by atoms with Gasteiger partial charge in [0.25, 0.3) is 0 Å². The molecule has 1 N–H and O–H groups in total. The number of anilines is 1. The van der Waals surface area contributed by atoms with Crippen molar-refractivity contribution in [2.75, 3.05) is 45.1 Å². The third-order valence-electron chi connectivity index (χ3n) is 5.81. The average Bonchev–Trinajstić information content (AvgIpc) is 2.79. The fraction of sp³-hybridized carbons (Fsp3) is 0.391. The summed E-state index contributed by atoms with van der Waals surface area (Å²) >= 11 is 6.33. The molecule has 1 heterocycles. The summed E-state index contributed by atoms with van der Waals surface area (Å²) in [5.41, 5.74) is 1.55. The van der Waals surface area contributed by atoms with E-state index in [1.165, 1.54) is 38.2 Å². The number of likely N-dealkylation sites (N-methyl/N-ethyl adjacent to an activating group) is 1. The van der Waals surface area contributed by atoms with E-state index < -0.39 is 10.0 Å². The lowest BCUT2D eigenvalue weighted by Crippen LogP contribution is -2.51. The number of halogens is 1.